The van der Waals surface area contributed by atoms with Gasteiger partial charge < -0.3 is 4.79 Å². The summed E-state index contributed by atoms with van der Waals surface area (Å²) in [4.78, 5) is 10.9. The Bertz CT molecular complexity index is 794. The molecular formula is C13H17NO5S2. The van der Waals surface area contributed by atoms with Gasteiger partial charge in [-0.3, -0.25) is 4.31 Å². The number of hydrogen-bond donors (Lipinski definition) is 0. The number of nitrogens with zero attached hydrogens (tertiary/aromatic N) is 1. The summed E-state index contributed by atoms with van der Waals surface area (Å²) in [6.07, 6.45) is 1.82. The summed E-state index contributed by atoms with van der Waals surface area (Å²) >= 11 is 0. The van der Waals surface area contributed by atoms with Crippen LogP contribution in [0, 0.1) is 0 Å². The quantitative estimate of drug-likeness (QED) is 0.763. The van der Waals surface area contributed by atoms with E-state index in [1.54, 1.807) is 13.8 Å². The molecule has 116 valence electrons. The fourth-order valence-electron chi connectivity index (χ4n) is 2.42. The first-order valence-corrected chi connectivity index (χ1v) is 9.63. The van der Waals surface area contributed by atoms with E-state index in [1.165, 1.54) is 18.2 Å². The molecule has 0 bridgehead atoms. The number of fused-ring (bicyclic) bond motifs is 1. The summed E-state index contributed by atoms with van der Waals surface area (Å²) in [5.74, 6) is 0. The molecule has 0 atom stereocenters. The number of carbonyl (C=O) groups excluding carboxylic acids is 1. The van der Waals surface area contributed by atoms with Crippen molar-refractivity contribution >= 4 is 31.8 Å². The van der Waals surface area contributed by atoms with Crippen LogP contribution in [0.5, 0.6) is 0 Å². The second-order valence-corrected chi connectivity index (χ2v) is 10.2. The van der Waals surface area contributed by atoms with Gasteiger partial charge in [0.15, 0.2) is 9.84 Å². The topological polar surface area (TPSA) is 88.6 Å². The minimum Gasteiger partial charge on any atom is -0.301 e. The summed E-state index contributed by atoms with van der Waals surface area (Å²) in [7, 11) is -7.04. The lowest BCUT2D eigenvalue weighted by Gasteiger charge is -2.39. The van der Waals surface area contributed by atoms with Gasteiger partial charge in [-0.25, -0.2) is 16.8 Å². The van der Waals surface area contributed by atoms with Gasteiger partial charge in [-0.1, -0.05) is 0 Å². The Morgan fingerprint density at radius 1 is 1.33 bits per heavy atom. The molecule has 1 heterocycles. The van der Waals surface area contributed by atoms with Gasteiger partial charge in [-0.15, -0.1) is 0 Å². The average molecular weight is 331 g/mol. The number of benzene rings is 1. The molecule has 0 saturated heterocycles. The Hall–Kier alpha value is -1.41. The van der Waals surface area contributed by atoms with E-state index in [9.17, 15) is 21.6 Å². The number of sulfone groups is 1. The molecule has 21 heavy (non-hydrogen) atoms. The third kappa shape index (κ3) is 2.57. The van der Waals surface area contributed by atoms with Crippen LogP contribution in [0.15, 0.2) is 23.1 Å². The van der Waals surface area contributed by atoms with Crippen LogP contribution >= 0.6 is 0 Å². The Kier molecular flexibility index (Phi) is 3.66. The summed E-state index contributed by atoms with van der Waals surface area (Å²) < 4.78 is 48.2. The van der Waals surface area contributed by atoms with Gasteiger partial charge in [0.1, 0.15) is 6.29 Å². The van der Waals surface area contributed by atoms with E-state index >= 15 is 0 Å². The lowest BCUT2D eigenvalue weighted by Crippen LogP contribution is -2.50. The Balaban J connectivity index is 2.70. The Morgan fingerprint density at radius 3 is 2.48 bits per heavy atom. The van der Waals surface area contributed by atoms with Gasteiger partial charge in [0, 0.05) is 6.26 Å². The van der Waals surface area contributed by atoms with Crippen LogP contribution in [0.2, 0.25) is 0 Å². The molecule has 0 aromatic heterocycles. The van der Waals surface area contributed by atoms with Crippen molar-refractivity contribution in [2.45, 2.75) is 29.9 Å². The fraction of sp³-hybridized carbons (Fsp3) is 0.462. The van der Waals surface area contributed by atoms with Crippen LogP contribution in [0.25, 0.3) is 0 Å². The fourth-order valence-corrected chi connectivity index (χ4v) is 4.72. The van der Waals surface area contributed by atoms with Crippen molar-refractivity contribution < 1.29 is 21.6 Å². The van der Waals surface area contributed by atoms with Gasteiger partial charge >= 0.3 is 0 Å². The average Bonchev–Trinajstić information content (AvgIpc) is 2.33. The minimum absolute atomic E-state index is 0.141. The highest BCUT2D eigenvalue weighted by Crippen LogP contribution is 2.39. The standard InChI is InChI=1S/C13H17NO5S2/c1-13(2)9-10-8-11(20(3,16)17)4-5-12(10)14(6-7-15)21(13,18)19/h4-5,7-8H,6,9H2,1-3H3. The van der Waals surface area contributed by atoms with E-state index in [2.05, 4.69) is 0 Å². The lowest BCUT2D eigenvalue weighted by atomic mass is 10.00. The highest BCUT2D eigenvalue weighted by atomic mass is 32.2. The number of aldehydes is 1. The highest BCUT2D eigenvalue weighted by Gasteiger charge is 2.44. The highest BCUT2D eigenvalue weighted by molar-refractivity contribution is 7.94. The summed E-state index contributed by atoms with van der Waals surface area (Å²) in [6.45, 7) is 2.85. The molecule has 0 amide bonds. The van der Waals surface area contributed by atoms with E-state index in [4.69, 9.17) is 0 Å². The molecule has 0 spiro atoms. The van der Waals surface area contributed by atoms with Crippen molar-refractivity contribution in [2.24, 2.45) is 0 Å². The predicted octanol–water partition coefficient (Wildman–Crippen LogP) is 0.760. The third-order valence-electron chi connectivity index (χ3n) is 3.59. The molecule has 6 nitrogen and oxygen atoms in total. The van der Waals surface area contributed by atoms with Crippen molar-refractivity contribution in [3.63, 3.8) is 0 Å². The van der Waals surface area contributed by atoms with Crippen molar-refractivity contribution in [3.8, 4) is 0 Å². The molecule has 1 aromatic carbocycles. The predicted molar refractivity (Wildman–Crippen MR) is 79.7 cm³/mol. The Morgan fingerprint density at radius 2 is 1.95 bits per heavy atom. The second-order valence-electron chi connectivity index (χ2n) is 5.70. The number of carbonyl (C=O) groups is 1. The third-order valence-corrected chi connectivity index (χ3v) is 7.17. The van der Waals surface area contributed by atoms with E-state index in [0.29, 0.717) is 17.5 Å². The number of anilines is 1. The molecule has 1 aliphatic rings. The van der Waals surface area contributed by atoms with Gasteiger partial charge in [0.05, 0.1) is 21.9 Å². The molecule has 0 unspecified atom stereocenters. The van der Waals surface area contributed by atoms with Crippen LogP contribution < -0.4 is 4.31 Å². The van der Waals surface area contributed by atoms with Crippen molar-refractivity contribution in [1.29, 1.82) is 0 Å². The zero-order valence-corrected chi connectivity index (χ0v) is 13.7. The van der Waals surface area contributed by atoms with Gasteiger partial charge in [-0.2, -0.15) is 0 Å². The minimum atomic E-state index is -3.67. The zero-order valence-electron chi connectivity index (χ0n) is 12.0. The van der Waals surface area contributed by atoms with Crippen LogP contribution in [0.3, 0.4) is 0 Å². The largest absolute Gasteiger partial charge is 0.301 e. The molecule has 0 saturated carbocycles. The SMILES string of the molecule is CC1(C)Cc2cc(S(C)(=O)=O)ccc2N(CC=O)S1(=O)=O. The maximum Gasteiger partial charge on any atom is 0.241 e. The first kappa shape index (κ1) is 16.0. The van der Waals surface area contributed by atoms with Crippen molar-refractivity contribution in [1.82, 2.24) is 0 Å². The molecule has 1 aliphatic heterocycles. The Labute approximate surface area is 124 Å². The molecular weight excluding hydrogens is 314 g/mol. The number of rotatable bonds is 3. The molecule has 1 aromatic rings. The molecule has 0 N–H and O–H groups in total. The van der Waals surface area contributed by atoms with Crippen LogP contribution in [-0.2, 0) is 31.1 Å². The molecule has 0 radical (unpaired) electrons. The number of sulfonamides is 1. The van der Waals surface area contributed by atoms with Gasteiger partial charge in [0.2, 0.25) is 10.0 Å². The first-order valence-electron chi connectivity index (χ1n) is 6.29. The van der Waals surface area contributed by atoms with Crippen LogP contribution in [0.1, 0.15) is 19.4 Å². The second kappa shape index (κ2) is 4.81. The van der Waals surface area contributed by atoms with E-state index in [0.717, 1.165) is 10.6 Å². The number of hydrogen-bond acceptors (Lipinski definition) is 5. The van der Waals surface area contributed by atoms with E-state index in [-0.39, 0.29) is 17.9 Å². The monoisotopic (exact) mass is 331 g/mol. The zero-order chi connectivity index (χ0) is 16.1. The normalized spacial score (nSPS) is 19.9. The summed E-state index contributed by atoms with van der Waals surface area (Å²) in [6, 6.07) is 4.29. The maximum absolute atomic E-state index is 12.5. The van der Waals surface area contributed by atoms with Crippen molar-refractivity contribution in [2.75, 3.05) is 17.1 Å². The van der Waals surface area contributed by atoms with Crippen molar-refractivity contribution in [3.05, 3.63) is 23.8 Å². The van der Waals surface area contributed by atoms with Crippen LogP contribution in [-0.4, -0.2) is 40.7 Å². The molecule has 8 heteroatoms. The lowest BCUT2D eigenvalue weighted by molar-refractivity contribution is -0.106. The molecule has 2 rings (SSSR count). The molecule has 0 aliphatic carbocycles. The molecule has 0 fully saturated rings. The van der Waals surface area contributed by atoms with Gasteiger partial charge in [0.25, 0.3) is 0 Å². The van der Waals surface area contributed by atoms with E-state index < -0.39 is 24.6 Å². The van der Waals surface area contributed by atoms with Gasteiger partial charge in [-0.05, 0) is 44.0 Å². The van der Waals surface area contributed by atoms with E-state index in [1.807, 2.05) is 0 Å². The van der Waals surface area contributed by atoms with Crippen LogP contribution in [0.4, 0.5) is 5.69 Å². The first-order chi connectivity index (χ1) is 9.50. The maximum atomic E-state index is 12.5. The summed E-state index contributed by atoms with van der Waals surface area (Å²) in [5.41, 5.74) is 0.980. The summed E-state index contributed by atoms with van der Waals surface area (Å²) in [5, 5.41) is 0. The smallest absolute Gasteiger partial charge is 0.241 e.